The highest BCUT2D eigenvalue weighted by Crippen LogP contribution is 2.21. The van der Waals surface area contributed by atoms with Gasteiger partial charge in [-0.2, -0.15) is 10.2 Å². The zero-order chi connectivity index (χ0) is 12.6. The third kappa shape index (κ3) is 2.03. The second-order valence-corrected chi connectivity index (χ2v) is 4.13. The van der Waals surface area contributed by atoms with E-state index in [1.54, 1.807) is 7.05 Å². The summed E-state index contributed by atoms with van der Waals surface area (Å²) >= 11 is 6.05. The Balaban J connectivity index is 2.28. The molecule has 0 spiro atoms. The summed E-state index contributed by atoms with van der Waals surface area (Å²) in [6.07, 6.45) is 1.58. The Morgan fingerprint density at radius 1 is 1.65 bits per heavy atom. The summed E-state index contributed by atoms with van der Waals surface area (Å²) in [7, 11) is 1.73. The van der Waals surface area contributed by atoms with Crippen LogP contribution in [0.2, 0.25) is 5.15 Å². The third-order valence-corrected chi connectivity index (χ3v) is 3.05. The summed E-state index contributed by atoms with van der Waals surface area (Å²) in [5, 5.41) is 10.8. The fraction of sp³-hybridized carbons (Fsp3) is 0.300. The van der Waals surface area contributed by atoms with Crippen LogP contribution in [0.1, 0.15) is 21.6 Å². The van der Waals surface area contributed by atoms with Crippen LogP contribution in [0.5, 0.6) is 0 Å². The SMILES string of the molecule is Cc1nn(C)c(Cl)c1CC(=O)c1cn[nH]c1N. The minimum absolute atomic E-state index is 0.130. The molecule has 0 amide bonds. The van der Waals surface area contributed by atoms with Crippen LogP contribution in [0.15, 0.2) is 6.20 Å². The molecule has 0 aliphatic carbocycles. The number of aromatic amines is 1. The molecule has 0 aliphatic rings. The number of ketones is 1. The number of nitrogen functional groups attached to an aromatic ring is 1. The molecule has 0 aliphatic heterocycles. The summed E-state index contributed by atoms with van der Waals surface area (Å²) in [5.74, 6) is 0.141. The average Bonchev–Trinajstić information content (AvgIpc) is 2.78. The molecular weight excluding hydrogens is 242 g/mol. The molecule has 7 heteroatoms. The molecule has 0 atom stereocenters. The summed E-state index contributed by atoms with van der Waals surface area (Å²) in [6, 6.07) is 0. The van der Waals surface area contributed by atoms with Gasteiger partial charge in [-0.25, -0.2) is 0 Å². The van der Waals surface area contributed by atoms with E-state index in [0.29, 0.717) is 10.7 Å². The summed E-state index contributed by atoms with van der Waals surface area (Å²) in [4.78, 5) is 12.0. The van der Waals surface area contributed by atoms with Crippen LogP contribution >= 0.6 is 11.6 Å². The van der Waals surface area contributed by atoms with Crippen molar-refractivity contribution in [2.24, 2.45) is 7.05 Å². The van der Waals surface area contributed by atoms with Gasteiger partial charge in [0.1, 0.15) is 11.0 Å². The van der Waals surface area contributed by atoms with E-state index in [1.807, 2.05) is 6.92 Å². The van der Waals surface area contributed by atoms with E-state index in [4.69, 9.17) is 17.3 Å². The van der Waals surface area contributed by atoms with Crippen LogP contribution in [-0.4, -0.2) is 25.8 Å². The van der Waals surface area contributed by atoms with Crippen molar-refractivity contribution in [3.63, 3.8) is 0 Å². The second-order valence-electron chi connectivity index (χ2n) is 3.78. The normalized spacial score (nSPS) is 10.8. The summed E-state index contributed by atoms with van der Waals surface area (Å²) < 4.78 is 1.54. The van der Waals surface area contributed by atoms with Gasteiger partial charge in [-0.05, 0) is 6.92 Å². The van der Waals surface area contributed by atoms with Crippen molar-refractivity contribution in [2.75, 3.05) is 5.73 Å². The fourth-order valence-corrected chi connectivity index (χ4v) is 1.89. The summed E-state index contributed by atoms with van der Waals surface area (Å²) in [6.45, 7) is 1.81. The number of rotatable bonds is 3. The predicted octanol–water partition coefficient (Wildman–Crippen LogP) is 1.11. The number of Topliss-reactive ketones (excluding diaryl/α,β-unsaturated/α-hetero) is 1. The van der Waals surface area contributed by atoms with Crippen molar-refractivity contribution < 1.29 is 4.79 Å². The summed E-state index contributed by atoms with van der Waals surface area (Å²) in [5.41, 5.74) is 7.43. The highest BCUT2D eigenvalue weighted by Gasteiger charge is 2.18. The van der Waals surface area contributed by atoms with Crippen LogP contribution in [-0.2, 0) is 13.5 Å². The molecule has 0 saturated heterocycles. The molecule has 0 saturated carbocycles. The Morgan fingerprint density at radius 3 is 2.82 bits per heavy atom. The monoisotopic (exact) mass is 253 g/mol. The van der Waals surface area contributed by atoms with E-state index >= 15 is 0 Å². The lowest BCUT2D eigenvalue weighted by Crippen LogP contribution is -2.06. The van der Waals surface area contributed by atoms with Gasteiger partial charge in [-0.1, -0.05) is 11.6 Å². The highest BCUT2D eigenvalue weighted by molar-refractivity contribution is 6.30. The van der Waals surface area contributed by atoms with Gasteiger partial charge >= 0.3 is 0 Å². The molecule has 0 aromatic carbocycles. The highest BCUT2D eigenvalue weighted by atomic mass is 35.5. The number of H-pyrrole nitrogens is 1. The molecular formula is C10H12ClN5O. The minimum Gasteiger partial charge on any atom is -0.383 e. The van der Waals surface area contributed by atoms with Crippen LogP contribution in [0.4, 0.5) is 5.82 Å². The predicted molar refractivity (Wildman–Crippen MR) is 64.0 cm³/mol. The van der Waals surface area contributed by atoms with E-state index in [-0.39, 0.29) is 18.0 Å². The topological polar surface area (TPSA) is 89.6 Å². The minimum atomic E-state index is -0.130. The number of nitrogens with two attached hydrogens (primary N) is 1. The standard InChI is InChI=1S/C10H12ClN5O/c1-5-6(9(11)16(2)15-5)3-8(17)7-4-13-14-10(7)12/h4H,3H2,1-2H3,(H3,12,13,14). The Kier molecular flexibility index (Phi) is 2.89. The maximum atomic E-state index is 12.0. The zero-order valence-corrected chi connectivity index (χ0v) is 10.2. The molecule has 6 nitrogen and oxygen atoms in total. The van der Waals surface area contributed by atoms with E-state index in [9.17, 15) is 4.79 Å². The molecule has 90 valence electrons. The number of hydrogen-bond acceptors (Lipinski definition) is 4. The molecule has 0 fully saturated rings. The van der Waals surface area contributed by atoms with Crippen molar-refractivity contribution >= 4 is 23.2 Å². The largest absolute Gasteiger partial charge is 0.383 e. The van der Waals surface area contributed by atoms with Gasteiger partial charge in [0.2, 0.25) is 0 Å². The number of nitrogens with one attached hydrogen (secondary N) is 1. The smallest absolute Gasteiger partial charge is 0.172 e. The van der Waals surface area contributed by atoms with Crippen molar-refractivity contribution in [2.45, 2.75) is 13.3 Å². The Labute approximate surface area is 103 Å². The van der Waals surface area contributed by atoms with Crippen molar-refractivity contribution in [1.82, 2.24) is 20.0 Å². The number of carbonyl (C=O) groups is 1. The van der Waals surface area contributed by atoms with Crippen molar-refractivity contribution in [3.05, 3.63) is 28.2 Å². The van der Waals surface area contributed by atoms with Crippen LogP contribution in [0, 0.1) is 6.92 Å². The fourth-order valence-electron chi connectivity index (χ4n) is 1.65. The number of aryl methyl sites for hydroxylation is 2. The number of anilines is 1. The Bertz CT molecular complexity index is 571. The molecule has 17 heavy (non-hydrogen) atoms. The van der Waals surface area contributed by atoms with Gasteiger partial charge in [-0.15, -0.1) is 0 Å². The molecule has 0 unspecified atom stereocenters. The van der Waals surface area contributed by atoms with Crippen molar-refractivity contribution in [3.8, 4) is 0 Å². The zero-order valence-electron chi connectivity index (χ0n) is 9.49. The molecule has 2 heterocycles. The average molecular weight is 254 g/mol. The number of aromatic nitrogens is 4. The molecule has 2 rings (SSSR count). The van der Waals surface area contributed by atoms with Crippen LogP contribution in [0.25, 0.3) is 0 Å². The Morgan fingerprint density at radius 2 is 2.35 bits per heavy atom. The molecule has 0 bridgehead atoms. The quantitative estimate of drug-likeness (QED) is 0.802. The maximum Gasteiger partial charge on any atom is 0.172 e. The van der Waals surface area contributed by atoms with Gasteiger partial charge in [0.15, 0.2) is 5.78 Å². The first-order valence-corrected chi connectivity index (χ1v) is 5.38. The van der Waals surface area contributed by atoms with Crippen molar-refractivity contribution in [1.29, 1.82) is 0 Å². The lowest BCUT2D eigenvalue weighted by molar-refractivity contribution is 0.0993. The Hall–Kier alpha value is -1.82. The van der Waals surface area contributed by atoms with Gasteiger partial charge in [0.05, 0.1) is 17.5 Å². The second kappa shape index (κ2) is 4.21. The van der Waals surface area contributed by atoms with Crippen LogP contribution < -0.4 is 5.73 Å². The first-order valence-electron chi connectivity index (χ1n) is 5.00. The molecule has 2 aromatic heterocycles. The molecule has 2 aromatic rings. The number of carbonyl (C=O) groups excluding carboxylic acids is 1. The van der Waals surface area contributed by atoms with E-state index in [1.165, 1.54) is 10.9 Å². The van der Waals surface area contributed by atoms with Gasteiger partial charge in [-0.3, -0.25) is 14.6 Å². The number of hydrogen-bond donors (Lipinski definition) is 2. The van der Waals surface area contributed by atoms with Gasteiger partial charge in [0.25, 0.3) is 0 Å². The van der Waals surface area contributed by atoms with E-state index in [2.05, 4.69) is 15.3 Å². The van der Waals surface area contributed by atoms with Gasteiger partial charge in [0, 0.05) is 19.0 Å². The molecule has 3 N–H and O–H groups in total. The first-order chi connectivity index (χ1) is 8.00. The number of nitrogens with zero attached hydrogens (tertiary/aromatic N) is 3. The van der Waals surface area contributed by atoms with E-state index < -0.39 is 0 Å². The lowest BCUT2D eigenvalue weighted by Gasteiger charge is -1.99. The first kappa shape index (κ1) is 11.7. The molecule has 0 radical (unpaired) electrons. The van der Waals surface area contributed by atoms with Crippen LogP contribution in [0.3, 0.4) is 0 Å². The third-order valence-electron chi connectivity index (χ3n) is 2.58. The van der Waals surface area contributed by atoms with Gasteiger partial charge < -0.3 is 5.73 Å². The van der Waals surface area contributed by atoms with E-state index in [0.717, 1.165) is 11.3 Å². The number of halogens is 1. The maximum absolute atomic E-state index is 12.0. The lowest BCUT2D eigenvalue weighted by atomic mass is 10.1.